The van der Waals surface area contributed by atoms with Crippen molar-refractivity contribution in [2.45, 2.75) is 88.3 Å². The van der Waals surface area contributed by atoms with Crippen LogP contribution in [0.4, 0.5) is 5.82 Å². The summed E-state index contributed by atoms with van der Waals surface area (Å²) in [4.78, 5) is 23.7. The summed E-state index contributed by atoms with van der Waals surface area (Å²) >= 11 is 0. The second-order valence-corrected chi connectivity index (χ2v) is 10.4. The molecule has 0 aromatic carbocycles. The number of aromatic nitrogens is 2. The van der Waals surface area contributed by atoms with Crippen molar-refractivity contribution in [2.24, 2.45) is 0 Å². The summed E-state index contributed by atoms with van der Waals surface area (Å²) in [7, 11) is 1.94. The van der Waals surface area contributed by atoms with Crippen LogP contribution in [0.1, 0.15) is 85.8 Å². The van der Waals surface area contributed by atoms with Crippen LogP contribution >= 0.6 is 0 Å². The van der Waals surface area contributed by atoms with Gasteiger partial charge in [0, 0.05) is 48.3 Å². The zero-order chi connectivity index (χ0) is 24.2. The minimum Gasteiger partial charge on any atom is -0.480 e. The summed E-state index contributed by atoms with van der Waals surface area (Å²) < 4.78 is 6.10. The number of nitrogens with zero attached hydrogens (tertiary/aromatic N) is 3. The number of carbonyl (C=O) groups is 1. The summed E-state index contributed by atoms with van der Waals surface area (Å²) in [6.07, 6.45) is 12.6. The molecule has 1 aliphatic heterocycles. The molecule has 7 heteroatoms. The van der Waals surface area contributed by atoms with Gasteiger partial charge < -0.3 is 15.2 Å². The number of nitrogens with one attached hydrogen (secondary N) is 1. The molecule has 3 heterocycles. The first-order valence-electron chi connectivity index (χ1n) is 13.3. The van der Waals surface area contributed by atoms with Gasteiger partial charge in [-0.15, -0.1) is 0 Å². The molecule has 0 radical (unpaired) electrons. The van der Waals surface area contributed by atoms with Crippen LogP contribution in [0.5, 0.6) is 0 Å². The van der Waals surface area contributed by atoms with Crippen LogP contribution in [0, 0.1) is 0 Å². The van der Waals surface area contributed by atoms with Crippen molar-refractivity contribution in [1.82, 2.24) is 14.9 Å². The van der Waals surface area contributed by atoms with E-state index >= 15 is 0 Å². The summed E-state index contributed by atoms with van der Waals surface area (Å²) in [6.45, 7) is 1.77. The Bertz CT molecular complexity index is 1020. The predicted octanol–water partition coefficient (Wildman–Crippen LogP) is 4.73. The molecule has 2 saturated carbocycles. The van der Waals surface area contributed by atoms with E-state index in [1.807, 2.05) is 24.1 Å². The zero-order valence-electron chi connectivity index (χ0n) is 20.8. The SMILES string of the molecule is CN(C1CC(OCCCCc2ccc3c(n2)NCCC3)C1)C(C(=O)O)c1cccnc1C1CCC1. The Labute approximate surface area is 208 Å². The average Bonchev–Trinajstić information content (AvgIpc) is 2.79. The quantitative estimate of drug-likeness (QED) is 0.452. The van der Waals surface area contributed by atoms with Crippen LogP contribution < -0.4 is 5.32 Å². The molecule has 1 unspecified atom stereocenters. The molecule has 2 fully saturated rings. The lowest BCUT2D eigenvalue weighted by molar-refractivity contribution is -0.146. The molecule has 5 rings (SSSR count). The van der Waals surface area contributed by atoms with Crippen LogP contribution in [0.3, 0.4) is 0 Å². The van der Waals surface area contributed by atoms with Gasteiger partial charge in [-0.25, -0.2) is 4.98 Å². The lowest BCUT2D eigenvalue weighted by Crippen LogP contribution is -2.49. The molecule has 7 nitrogen and oxygen atoms in total. The molecular formula is C28H38N4O3. The highest BCUT2D eigenvalue weighted by Gasteiger charge is 2.40. The number of hydrogen-bond donors (Lipinski definition) is 2. The van der Waals surface area contributed by atoms with E-state index in [0.29, 0.717) is 5.92 Å². The van der Waals surface area contributed by atoms with Crippen LogP contribution in [-0.4, -0.2) is 58.3 Å². The first-order chi connectivity index (χ1) is 17.1. The Morgan fingerprint density at radius 3 is 2.86 bits per heavy atom. The van der Waals surface area contributed by atoms with Crippen LogP contribution in [0.2, 0.25) is 0 Å². The highest BCUT2D eigenvalue weighted by molar-refractivity contribution is 5.76. The lowest BCUT2D eigenvalue weighted by atomic mass is 9.79. The molecule has 0 spiro atoms. The minimum absolute atomic E-state index is 0.225. The maximum absolute atomic E-state index is 12.3. The number of pyridine rings is 2. The van der Waals surface area contributed by atoms with E-state index in [0.717, 1.165) is 87.3 Å². The maximum atomic E-state index is 12.3. The highest BCUT2D eigenvalue weighted by atomic mass is 16.5. The van der Waals surface area contributed by atoms with Gasteiger partial charge in [0.1, 0.15) is 11.9 Å². The van der Waals surface area contributed by atoms with Crippen molar-refractivity contribution in [3.8, 4) is 0 Å². The number of carboxylic acids is 1. The van der Waals surface area contributed by atoms with E-state index in [-0.39, 0.29) is 12.1 Å². The van der Waals surface area contributed by atoms with Crippen molar-refractivity contribution >= 4 is 11.8 Å². The number of fused-ring (bicyclic) bond motifs is 1. The summed E-state index contributed by atoms with van der Waals surface area (Å²) in [6, 6.07) is 7.78. The predicted molar refractivity (Wildman–Crippen MR) is 136 cm³/mol. The number of carboxylic acid groups (broad SMARTS) is 1. The van der Waals surface area contributed by atoms with Gasteiger partial charge in [0.05, 0.1) is 6.10 Å². The molecular weight excluding hydrogens is 440 g/mol. The van der Waals surface area contributed by atoms with Crippen molar-refractivity contribution in [3.63, 3.8) is 0 Å². The molecule has 1 atom stereocenters. The molecule has 2 aromatic heterocycles. The Morgan fingerprint density at radius 1 is 1.23 bits per heavy atom. The summed E-state index contributed by atoms with van der Waals surface area (Å²) in [5, 5.41) is 13.5. The number of rotatable bonds is 11. The number of aryl methyl sites for hydroxylation is 2. The lowest BCUT2D eigenvalue weighted by Gasteiger charge is -2.43. The van der Waals surface area contributed by atoms with Gasteiger partial charge in [-0.3, -0.25) is 14.7 Å². The van der Waals surface area contributed by atoms with Crippen molar-refractivity contribution in [2.75, 3.05) is 25.5 Å². The molecule has 188 valence electrons. The molecule has 0 saturated heterocycles. The third kappa shape index (κ3) is 5.51. The van der Waals surface area contributed by atoms with Crippen LogP contribution in [0.15, 0.2) is 30.5 Å². The van der Waals surface area contributed by atoms with E-state index in [4.69, 9.17) is 9.72 Å². The van der Waals surface area contributed by atoms with Gasteiger partial charge >= 0.3 is 5.97 Å². The summed E-state index contributed by atoms with van der Waals surface area (Å²) in [5.74, 6) is 0.684. The van der Waals surface area contributed by atoms with E-state index in [9.17, 15) is 9.90 Å². The molecule has 0 amide bonds. The monoisotopic (exact) mass is 478 g/mol. The van der Waals surface area contributed by atoms with Gasteiger partial charge in [0.15, 0.2) is 0 Å². The van der Waals surface area contributed by atoms with Crippen LogP contribution in [-0.2, 0) is 22.4 Å². The second-order valence-electron chi connectivity index (χ2n) is 10.4. The van der Waals surface area contributed by atoms with Gasteiger partial charge in [-0.2, -0.15) is 0 Å². The van der Waals surface area contributed by atoms with Crippen molar-refractivity contribution in [3.05, 3.63) is 53.0 Å². The second kappa shape index (κ2) is 11.0. The fourth-order valence-electron chi connectivity index (χ4n) is 5.59. The minimum atomic E-state index is -0.795. The van der Waals surface area contributed by atoms with E-state index in [1.165, 1.54) is 18.4 Å². The Morgan fingerprint density at radius 2 is 2.09 bits per heavy atom. The van der Waals surface area contributed by atoms with Gasteiger partial charge in [0.2, 0.25) is 0 Å². The summed E-state index contributed by atoms with van der Waals surface area (Å²) in [5.41, 5.74) is 4.33. The molecule has 35 heavy (non-hydrogen) atoms. The Hall–Kier alpha value is -2.51. The number of hydrogen-bond acceptors (Lipinski definition) is 6. The average molecular weight is 479 g/mol. The third-order valence-corrected chi connectivity index (χ3v) is 8.08. The molecule has 3 aliphatic rings. The van der Waals surface area contributed by atoms with Crippen molar-refractivity contribution < 1.29 is 14.6 Å². The van der Waals surface area contributed by atoms with Gasteiger partial charge in [-0.1, -0.05) is 18.6 Å². The normalized spacial score (nSPS) is 22.6. The van der Waals surface area contributed by atoms with E-state index in [1.54, 1.807) is 6.20 Å². The number of likely N-dealkylation sites (N-methyl/N-ethyl adjacent to an activating group) is 1. The number of aliphatic carboxylic acids is 1. The largest absolute Gasteiger partial charge is 0.480 e. The maximum Gasteiger partial charge on any atom is 0.325 e. The van der Waals surface area contributed by atoms with Crippen molar-refractivity contribution in [1.29, 1.82) is 0 Å². The van der Waals surface area contributed by atoms with Crippen LogP contribution in [0.25, 0.3) is 0 Å². The van der Waals surface area contributed by atoms with E-state index < -0.39 is 12.0 Å². The first kappa shape index (κ1) is 24.2. The van der Waals surface area contributed by atoms with E-state index in [2.05, 4.69) is 22.4 Å². The zero-order valence-corrected chi connectivity index (χ0v) is 20.8. The number of unbranched alkanes of at least 4 members (excludes halogenated alkanes) is 1. The Kier molecular flexibility index (Phi) is 7.63. The van der Waals surface area contributed by atoms with Gasteiger partial charge in [-0.05, 0) is 82.5 Å². The molecule has 2 aliphatic carbocycles. The standard InChI is InChI=1S/C28H38N4O3/c1-32(26(28(33)34)24-11-6-14-29-25(24)19-7-4-8-19)22-17-23(18-22)35-16-3-2-10-21-13-12-20-9-5-15-30-27(20)31-21/h6,11-14,19,22-23,26H,2-5,7-10,15-18H2,1H3,(H,30,31)(H,33,34). The topological polar surface area (TPSA) is 87.6 Å². The van der Waals surface area contributed by atoms with Gasteiger partial charge in [0.25, 0.3) is 0 Å². The molecule has 0 bridgehead atoms. The highest BCUT2D eigenvalue weighted by Crippen LogP contribution is 2.41. The fourth-order valence-corrected chi connectivity index (χ4v) is 5.59. The molecule has 2 aromatic rings. The smallest absolute Gasteiger partial charge is 0.325 e. The fraction of sp³-hybridized carbons (Fsp3) is 0.607. The first-order valence-corrected chi connectivity index (χ1v) is 13.3. The number of anilines is 1. The Balaban J connectivity index is 1.06. The number of ether oxygens (including phenoxy) is 1. The molecule has 2 N–H and O–H groups in total. The third-order valence-electron chi connectivity index (χ3n) is 8.08.